The molecule has 2 amide bonds. The first-order valence-corrected chi connectivity index (χ1v) is 7.04. The van der Waals surface area contributed by atoms with Crippen LogP contribution in [0.15, 0.2) is 30.3 Å². The van der Waals surface area contributed by atoms with E-state index < -0.39 is 6.09 Å². The van der Waals surface area contributed by atoms with Crippen molar-refractivity contribution in [3.8, 4) is 0 Å². The van der Waals surface area contributed by atoms with Crippen molar-refractivity contribution < 1.29 is 19.1 Å². The van der Waals surface area contributed by atoms with Crippen molar-refractivity contribution in [3.05, 3.63) is 35.9 Å². The number of benzene rings is 1. The molecule has 0 aliphatic carbocycles. The Hall–Kier alpha value is -2.24. The topological polar surface area (TPSA) is 67.9 Å². The largest absolute Gasteiger partial charge is 0.453 e. The Morgan fingerprint density at radius 1 is 1.43 bits per heavy atom. The minimum atomic E-state index is -0.408. The van der Waals surface area contributed by atoms with Crippen LogP contribution in [0.2, 0.25) is 0 Å². The maximum absolute atomic E-state index is 12.0. The van der Waals surface area contributed by atoms with Gasteiger partial charge in [0.25, 0.3) is 0 Å². The van der Waals surface area contributed by atoms with Gasteiger partial charge in [0.05, 0.1) is 19.2 Å². The van der Waals surface area contributed by atoms with E-state index in [2.05, 4.69) is 5.32 Å². The van der Waals surface area contributed by atoms with E-state index in [9.17, 15) is 9.59 Å². The van der Waals surface area contributed by atoms with Crippen molar-refractivity contribution >= 4 is 12.2 Å². The highest BCUT2D eigenvalue weighted by Gasteiger charge is 2.47. The summed E-state index contributed by atoms with van der Waals surface area (Å²) in [5, 5.41) is 2.81. The number of piperidine rings is 1. The fourth-order valence-corrected chi connectivity index (χ4v) is 3.10. The molecule has 21 heavy (non-hydrogen) atoms. The highest BCUT2D eigenvalue weighted by atomic mass is 16.6. The number of amides is 2. The SMILES string of the molecule is COC(=O)N1CC[C@H]2NC(=O)O[C@H]2C1Cc1ccccc1. The molecule has 1 aromatic rings. The second-order valence-electron chi connectivity index (χ2n) is 5.33. The van der Waals surface area contributed by atoms with Crippen LogP contribution in [0.1, 0.15) is 12.0 Å². The first-order chi connectivity index (χ1) is 10.2. The fraction of sp³-hybridized carbons (Fsp3) is 0.467. The molecule has 2 heterocycles. The van der Waals surface area contributed by atoms with Crippen LogP contribution in [0.25, 0.3) is 0 Å². The van der Waals surface area contributed by atoms with Gasteiger partial charge in [0.2, 0.25) is 0 Å². The number of rotatable bonds is 2. The van der Waals surface area contributed by atoms with Crippen LogP contribution in [-0.4, -0.2) is 48.9 Å². The van der Waals surface area contributed by atoms with Crippen LogP contribution in [0.5, 0.6) is 0 Å². The van der Waals surface area contributed by atoms with E-state index in [1.54, 1.807) is 4.90 Å². The summed E-state index contributed by atoms with van der Waals surface area (Å²) >= 11 is 0. The number of likely N-dealkylation sites (tertiary alicyclic amines) is 1. The van der Waals surface area contributed by atoms with Gasteiger partial charge >= 0.3 is 12.2 Å². The van der Waals surface area contributed by atoms with Gasteiger partial charge in [-0.2, -0.15) is 0 Å². The van der Waals surface area contributed by atoms with Crippen molar-refractivity contribution in [1.82, 2.24) is 10.2 Å². The molecule has 0 aromatic heterocycles. The number of carbonyl (C=O) groups is 2. The maximum Gasteiger partial charge on any atom is 0.409 e. The molecule has 0 radical (unpaired) electrons. The van der Waals surface area contributed by atoms with E-state index in [0.717, 1.165) is 5.56 Å². The molecule has 3 atom stereocenters. The number of nitrogens with one attached hydrogen (secondary N) is 1. The molecular formula is C15H18N2O4. The number of hydrogen-bond acceptors (Lipinski definition) is 4. The maximum atomic E-state index is 12.0. The standard InChI is InChI=1S/C15H18N2O4/c1-20-15(19)17-8-7-11-13(21-14(18)16-11)12(17)9-10-5-3-2-4-6-10/h2-6,11-13H,7-9H2,1H3,(H,16,18)/t11-,12?,13-/m1/s1. The van der Waals surface area contributed by atoms with Crippen LogP contribution in [-0.2, 0) is 15.9 Å². The lowest BCUT2D eigenvalue weighted by atomic mass is 9.90. The molecule has 2 saturated heterocycles. The number of carbonyl (C=O) groups excluding carboxylic acids is 2. The molecule has 112 valence electrons. The summed E-state index contributed by atoms with van der Waals surface area (Å²) in [7, 11) is 1.37. The zero-order valence-electron chi connectivity index (χ0n) is 11.8. The molecule has 6 nitrogen and oxygen atoms in total. The summed E-state index contributed by atoms with van der Waals surface area (Å²) in [6, 6.07) is 9.62. The Labute approximate surface area is 123 Å². The molecule has 1 unspecified atom stereocenters. The number of methoxy groups -OCH3 is 1. The van der Waals surface area contributed by atoms with Crippen LogP contribution in [0.3, 0.4) is 0 Å². The van der Waals surface area contributed by atoms with E-state index in [1.165, 1.54) is 7.11 Å². The average Bonchev–Trinajstić information content (AvgIpc) is 2.89. The number of ether oxygens (including phenoxy) is 2. The normalized spacial score (nSPS) is 27.6. The van der Waals surface area contributed by atoms with Gasteiger partial charge in [-0.25, -0.2) is 9.59 Å². The van der Waals surface area contributed by atoms with Crippen molar-refractivity contribution in [3.63, 3.8) is 0 Å². The summed E-state index contributed by atoms with van der Waals surface area (Å²) in [6.07, 6.45) is 0.195. The van der Waals surface area contributed by atoms with Crippen LogP contribution < -0.4 is 5.32 Å². The summed E-state index contributed by atoms with van der Waals surface area (Å²) in [5.74, 6) is 0. The van der Waals surface area contributed by atoms with Gasteiger partial charge in [0.15, 0.2) is 0 Å². The molecule has 0 saturated carbocycles. The molecule has 1 aromatic carbocycles. The number of alkyl carbamates (subject to hydrolysis) is 1. The number of hydrogen-bond donors (Lipinski definition) is 1. The zero-order chi connectivity index (χ0) is 14.8. The lowest BCUT2D eigenvalue weighted by molar-refractivity contribution is 0.0150. The Morgan fingerprint density at radius 2 is 2.19 bits per heavy atom. The van der Waals surface area contributed by atoms with Crippen molar-refractivity contribution in [1.29, 1.82) is 0 Å². The summed E-state index contributed by atoms with van der Waals surface area (Å²) in [4.78, 5) is 25.1. The molecule has 1 N–H and O–H groups in total. The third-order valence-corrected chi connectivity index (χ3v) is 4.10. The number of nitrogens with zero attached hydrogens (tertiary/aromatic N) is 1. The Bertz CT molecular complexity index is 534. The Morgan fingerprint density at radius 3 is 2.90 bits per heavy atom. The third-order valence-electron chi connectivity index (χ3n) is 4.10. The van der Waals surface area contributed by atoms with E-state index in [0.29, 0.717) is 19.4 Å². The Kier molecular flexibility index (Phi) is 3.68. The smallest absolute Gasteiger partial charge is 0.409 e. The van der Waals surface area contributed by atoms with Gasteiger partial charge < -0.3 is 19.7 Å². The van der Waals surface area contributed by atoms with Crippen LogP contribution in [0.4, 0.5) is 9.59 Å². The van der Waals surface area contributed by atoms with Gasteiger partial charge in [0.1, 0.15) is 6.10 Å². The zero-order valence-corrected chi connectivity index (χ0v) is 11.8. The van der Waals surface area contributed by atoms with E-state index in [-0.39, 0.29) is 24.3 Å². The predicted molar refractivity (Wildman–Crippen MR) is 74.9 cm³/mol. The predicted octanol–water partition coefficient (Wildman–Crippen LogP) is 1.55. The van der Waals surface area contributed by atoms with Gasteiger partial charge in [-0.3, -0.25) is 0 Å². The highest BCUT2D eigenvalue weighted by molar-refractivity contribution is 5.72. The van der Waals surface area contributed by atoms with E-state index in [4.69, 9.17) is 9.47 Å². The highest BCUT2D eigenvalue weighted by Crippen LogP contribution is 2.28. The molecular weight excluding hydrogens is 272 g/mol. The Balaban J connectivity index is 1.85. The summed E-state index contributed by atoms with van der Waals surface area (Å²) in [6.45, 7) is 0.551. The van der Waals surface area contributed by atoms with Crippen LogP contribution >= 0.6 is 0 Å². The summed E-state index contributed by atoms with van der Waals surface area (Å²) < 4.78 is 10.2. The van der Waals surface area contributed by atoms with Crippen molar-refractivity contribution in [2.75, 3.05) is 13.7 Å². The molecule has 3 rings (SSSR count). The number of fused-ring (bicyclic) bond motifs is 1. The second kappa shape index (κ2) is 5.63. The minimum absolute atomic E-state index is 0.0351. The van der Waals surface area contributed by atoms with E-state index in [1.807, 2.05) is 30.3 Å². The van der Waals surface area contributed by atoms with Gasteiger partial charge in [0, 0.05) is 6.54 Å². The first-order valence-electron chi connectivity index (χ1n) is 7.04. The fourth-order valence-electron chi connectivity index (χ4n) is 3.10. The molecule has 0 spiro atoms. The summed E-state index contributed by atoms with van der Waals surface area (Å²) in [5.41, 5.74) is 1.10. The second-order valence-corrected chi connectivity index (χ2v) is 5.33. The first kappa shape index (κ1) is 13.7. The van der Waals surface area contributed by atoms with Gasteiger partial charge in [-0.15, -0.1) is 0 Å². The molecule has 2 aliphatic heterocycles. The van der Waals surface area contributed by atoms with Crippen LogP contribution in [0, 0.1) is 0 Å². The third kappa shape index (κ3) is 2.66. The van der Waals surface area contributed by atoms with Gasteiger partial charge in [-0.1, -0.05) is 30.3 Å². The lowest BCUT2D eigenvalue weighted by Crippen LogP contribution is -2.58. The quantitative estimate of drug-likeness (QED) is 0.897. The monoisotopic (exact) mass is 290 g/mol. The lowest BCUT2D eigenvalue weighted by Gasteiger charge is -2.40. The molecule has 0 bridgehead atoms. The average molecular weight is 290 g/mol. The molecule has 2 fully saturated rings. The molecule has 2 aliphatic rings. The van der Waals surface area contributed by atoms with Gasteiger partial charge in [-0.05, 0) is 18.4 Å². The van der Waals surface area contributed by atoms with E-state index >= 15 is 0 Å². The minimum Gasteiger partial charge on any atom is -0.453 e. The van der Waals surface area contributed by atoms with Crippen molar-refractivity contribution in [2.45, 2.75) is 31.0 Å². The van der Waals surface area contributed by atoms with Crippen molar-refractivity contribution in [2.24, 2.45) is 0 Å². The molecule has 6 heteroatoms.